The molecule has 15 heavy (non-hydrogen) atoms. The van der Waals surface area contributed by atoms with Crippen LogP contribution in [0.5, 0.6) is 0 Å². The van der Waals surface area contributed by atoms with Crippen molar-refractivity contribution in [1.82, 2.24) is 10.3 Å². The third-order valence-electron chi connectivity index (χ3n) is 1.61. The number of nitrogens with zero attached hydrogens (tertiary/aromatic N) is 1. The molecular weight excluding hydrogens is 190 g/mol. The molecule has 0 aromatic carbocycles. The maximum atomic E-state index is 11.3. The Morgan fingerprint density at radius 2 is 2.33 bits per heavy atom. The van der Waals surface area contributed by atoms with E-state index < -0.39 is 0 Å². The first-order valence-corrected chi connectivity index (χ1v) is 4.82. The fraction of sp³-hybridized carbons (Fsp3) is 0.273. The Hall–Kier alpha value is -1.84. The Labute approximate surface area is 89.4 Å². The van der Waals surface area contributed by atoms with Gasteiger partial charge < -0.3 is 10.6 Å². The molecule has 0 saturated carbocycles. The van der Waals surface area contributed by atoms with Gasteiger partial charge in [-0.05, 0) is 18.1 Å². The molecule has 1 heterocycles. The highest BCUT2D eigenvalue weighted by Gasteiger charge is 1.97. The van der Waals surface area contributed by atoms with Crippen molar-refractivity contribution in [1.29, 1.82) is 0 Å². The summed E-state index contributed by atoms with van der Waals surface area (Å²) in [5.74, 6) is 0.420. The summed E-state index contributed by atoms with van der Waals surface area (Å²) in [6.07, 6.45) is 6.78. The van der Waals surface area contributed by atoms with Gasteiger partial charge in [-0.3, -0.25) is 4.98 Å². The highest BCUT2D eigenvalue weighted by Crippen LogP contribution is 2.01. The molecule has 0 atom stereocenters. The lowest BCUT2D eigenvalue weighted by Crippen LogP contribution is -2.23. The summed E-state index contributed by atoms with van der Waals surface area (Å²) in [6.45, 7) is 4.08. The Morgan fingerprint density at radius 3 is 2.93 bits per heavy atom. The SMILES string of the molecule is CC(C)/C=C/NC(=O)Nc1cccnc1. The Kier molecular flexibility index (Phi) is 4.34. The lowest BCUT2D eigenvalue weighted by molar-refractivity contribution is 0.255. The number of urea groups is 1. The minimum absolute atomic E-state index is 0.264. The van der Waals surface area contributed by atoms with Crippen LogP contribution in [0, 0.1) is 5.92 Å². The minimum Gasteiger partial charge on any atom is -0.315 e. The maximum absolute atomic E-state index is 11.3. The van der Waals surface area contributed by atoms with Crippen LogP contribution in [0.3, 0.4) is 0 Å². The van der Waals surface area contributed by atoms with Gasteiger partial charge in [-0.25, -0.2) is 4.79 Å². The third kappa shape index (κ3) is 4.81. The molecule has 1 aromatic heterocycles. The monoisotopic (exact) mass is 205 g/mol. The zero-order chi connectivity index (χ0) is 11.1. The standard InChI is InChI=1S/C11H15N3O/c1-9(2)5-7-13-11(15)14-10-4-3-6-12-8-10/h3-9H,1-2H3,(H2,13,14,15)/b7-5+. The van der Waals surface area contributed by atoms with Crippen molar-refractivity contribution in [3.05, 3.63) is 36.8 Å². The third-order valence-corrected chi connectivity index (χ3v) is 1.61. The number of nitrogens with one attached hydrogen (secondary N) is 2. The number of aromatic nitrogens is 1. The summed E-state index contributed by atoms with van der Waals surface area (Å²) in [4.78, 5) is 15.2. The van der Waals surface area contributed by atoms with E-state index in [-0.39, 0.29) is 6.03 Å². The van der Waals surface area contributed by atoms with E-state index in [4.69, 9.17) is 0 Å². The topological polar surface area (TPSA) is 54.0 Å². The Morgan fingerprint density at radius 1 is 1.53 bits per heavy atom. The number of anilines is 1. The molecular formula is C11H15N3O. The van der Waals surface area contributed by atoms with Crippen molar-refractivity contribution in [2.75, 3.05) is 5.32 Å². The number of carbonyl (C=O) groups excluding carboxylic acids is 1. The zero-order valence-corrected chi connectivity index (χ0v) is 8.90. The van der Waals surface area contributed by atoms with Gasteiger partial charge in [0, 0.05) is 12.4 Å². The largest absolute Gasteiger partial charge is 0.323 e. The van der Waals surface area contributed by atoms with Gasteiger partial charge in [0.25, 0.3) is 0 Å². The molecule has 0 aliphatic rings. The normalized spacial score (nSPS) is 10.6. The number of amides is 2. The van der Waals surface area contributed by atoms with E-state index in [2.05, 4.69) is 15.6 Å². The number of carbonyl (C=O) groups is 1. The van der Waals surface area contributed by atoms with E-state index >= 15 is 0 Å². The quantitative estimate of drug-likeness (QED) is 0.796. The lowest BCUT2D eigenvalue weighted by Gasteiger charge is -2.03. The second-order valence-corrected chi connectivity index (χ2v) is 3.44. The Balaban J connectivity index is 2.37. The van der Waals surface area contributed by atoms with Gasteiger partial charge >= 0.3 is 6.03 Å². The van der Waals surface area contributed by atoms with Crippen molar-refractivity contribution in [2.45, 2.75) is 13.8 Å². The first-order chi connectivity index (χ1) is 7.18. The van der Waals surface area contributed by atoms with E-state index in [1.165, 1.54) is 0 Å². The molecule has 0 unspecified atom stereocenters. The van der Waals surface area contributed by atoms with Crippen LogP contribution in [-0.4, -0.2) is 11.0 Å². The van der Waals surface area contributed by atoms with Gasteiger partial charge in [0.05, 0.1) is 11.9 Å². The average Bonchev–Trinajstić information content (AvgIpc) is 2.18. The van der Waals surface area contributed by atoms with Crippen LogP contribution in [-0.2, 0) is 0 Å². The molecule has 0 fully saturated rings. The van der Waals surface area contributed by atoms with Crippen LogP contribution in [0.2, 0.25) is 0 Å². The summed E-state index contributed by atoms with van der Waals surface area (Å²) in [5.41, 5.74) is 0.674. The molecule has 1 aromatic rings. The van der Waals surface area contributed by atoms with E-state index in [0.717, 1.165) is 0 Å². The van der Waals surface area contributed by atoms with Crippen LogP contribution in [0.1, 0.15) is 13.8 Å². The van der Waals surface area contributed by atoms with Crippen LogP contribution in [0.25, 0.3) is 0 Å². The summed E-state index contributed by atoms with van der Waals surface area (Å²) in [7, 11) is 0. The first kappa shape index (κ1) is 11.2. The molecule has 0 saturated heterocycles. The summed E-state index contributed by atoms with van der Waals surface area (Å²) in [6, 6.07) is 3.28. The van der Waals surface area contributed by atoms with E-state index in [1.807, 2.05) is 19.9 Å². The smallest absolute Gasteiger partial charge is 0.315 e. The van der Waals surface area contributed by atoms with Gasteiger partial charge in [0.1, 0.15) is 0 Å². The van der Waals surface area contributed by atoms with Gasteiger partial charge in [-0.15, -0.1) is 0 Å². The first-order valence-electron chi connectivity index (χ1n) is 4.82. The molecule has 2 amide bonds. The van der Waals surface area contributed by atoms with Crippen LogP contribution in [0.15, 0.2) is 36.8 Å². The van der Waals surface area contributed by atoms with E-state index in [9.17, 15) is 4.79 Å². The van der Waals surface area contributed by atoms with Gasteiger partial charge in [0.15, 0.2) is 0 Å². The molecule has 0 spiro atoms. The van der Waals surface area contributed by atoms with Crippen molar-refractivity contribution < 1.29 is 4.79 Å². The summed E-state index contributed by atoms with van der Waals surface area (Å²) >= 11 is 0. The molecule has 2 N–H and O–H groups in total. The van der Waals surface area contributed by atoms with Crippen molar-refractivity contribution in [3.63, 3.8) is 0 Å². The predicted octanol–water partition coefficient (Wildman–Crippen LogP) is 2.37. The number of rotatable bonds is 3. The van der Waals surface area contributed by atoms with Crippen LogP contribution >= 0.6 is 0 Å². The molecule has 80 valence electrons. The molecule has 0 aliphatic heterocycles. The molecule has 0 aliphatic carbocycles. The zero-order valence-electron chi connectivity index (χ0n) is 8.90. The Bertz CT molecular complexity index is 333. The van der Waals surface area contributed by atoms with Crippen molar-refractivity contribution >= 4 is 11.7 Å². The minimum atomic E-state index is -0.264. The molecule has 1 rings (SSSR count). The number of hydrogen-bond acceptors (Lipinski definition) is 2. The highest BCUT2D eigenvalue weighted by atomic mass is 16.2. The van der Waals surface area contributed by atoms with Crippen LogP contribution in [0.4, 0.5) is 10.5 Å². The number of allylic oxidation sites excluding steroid dienone is 1. The summed E-state index contributed by atoms with van der Waals surface area (Å²) in [5, 5.41) is 5.26. The lowest BCUT2D eigenvalue weighted by atomic mass is 10.2. The van der Waals surface area contributed by atoms with Gasteiger partial charge in [-0.1, -0.05) is 19.9 Å². The fourth-order valence-corrected chi connectivity index (χ4v) is 0.920. The predicted molar refractivity (Wildman–Crippen MR) is 60.4 cm³/mol. The molecule has 0 radical (unpaired) electrons. The van der Waals surface area contributed by atoms with Gasteiger partial charge in [0.2, 0.25) is 0 Å². The molecule has 0 bridgehead atoms. The second kappa shape index (κ2) is 5.80. The highest BCUT2D eigenvalue weighted by molar-refractivity contribution is 5.89. The summed E-state index contributed by atoms with van der Waals surface area (Å²) < 4.78 is 0. The van der Waals surface area contributed by atoms with Crippen molar-refractivity contribution in [3.8, 4) is 0 Å². The molecule has 4 heteroatoms. The number of pyridine rings is 1. The number of hydrogen-bond donors (Lipinski definition) is 2. The van der Waals surface area contributed by atoms with E-state index in [1.54, 1.807) is 30.7 Å². The average molecular weight is 205 g/mol. The fourth-order valence-electron chi connectivity index (χ4n) is 0.920. The maximum Gasteiger partial charge on any atom is 0.323 e. The second-order valence-electron chi connectivity index (χ2n) is 3.44. The van der Waals surface area contributed by atoms with Crippen molar-refractivity contribution in [2.24, 2.45) is 5.92 Å². The van der Waals surface area contributed by atoms with Crippen LogP contribution < -0.4 is 10.6 Å². The van der Waals surface area contributed by atoms with Gasteiger partial charge in [-0.2, -0.15) is 0 Å². The molecule has 4 nitrogen and oxygen atoms in total. The van der Waals surface area contributed by atoms with E-state index in [0.29, 0.717) is 11.6 Å².